The lowest BCUT2D eigenvalue weighted by Crippen LogP contribution is -2.40. The topological polar surface area (TPSA) is 80.5 Å². The van der Waals surface area contributed by atoms with Crippen LogP contribution in [0.15, 0.2) is 6.20 Å². The Morgan fingerprint density at radius 2 is 2.47 bits per heavy atom. The molecule has 1 fully saturated rings. The maximum atomic E-state index is 11.1. The quantitative estimate of drug-likeness (QED) is 0.855. The summed E-state index contributed by atoms with van der Waals surface area (Å²) in [5, 5.41) is 17.0. The maximum absolute atomic E-state index is 11.1. The van der Waals surface area contributed by atoms with E-state index in [1.54, 1.807) is 18.0 Å². The van der Waals surface area contributed by atoms with Crippen LogP contribution in [0.25, 0.3) is 0 Å². The van der Waals surface area contributed by atoms with E-state index < -0.39 is 6.09 Å². The van der Waals surface area contributed by atoms with Crippen LogP contribution in [0.4, 0.5) is 4.79 Å². The SMILES string of the molecule is COCc1cn(C2CCCCN2C(=O)O)nn1. The van der Waals surface area contributed by atoms with E-state index in [1.807, 2.05) is 0 Å². The number of methoxy groups -OCH3 is 1. The number of piperidine rings is 1. The minimum absolute atomic E-state index is 0.237. The van der Waals surface area contributed by atoms with Crippen LogP contribution in [-0.4, -0.2) is 44.7 Å². The van der Waals surface area contributed by atoms with Crippen molar-refractivity contribution in [3.05, 3.63) is 11.9 Å². The Morgan fingerprint density at radius 1 is 1.65 bits per heavy atom. The summed E-state index contributed by atoms with van der Waals surface area (Å²) in [5.74, 6) is 0. The number of carbonyl (C=O) groups is 1. The molecule has 1 atom stereocenters. The molecule has 0 spiro atoms. The summed E-state index contributed by atoms with van der Waals surface area (Å²) in [6.45, 7) is 0.944. The smallest absolute Gasteiger partial charge is 0.409 e. The second-order valence-corrected chi connectivity index (χ2v) is 4.08. The molecule has 7 nitrogen and oxygen atoms in total. The lowest BCUT2D eigenvalue weighted by molar-refractivity contribution is 0.0723. The van der Waals surface area contributed by atoms with E-state index in [-0.39, 0.29) is 6.17 Å². The van der Waals surface area contributed by atoms with Gasteiger partial charge in [0.1, 0.15) is 11.9 Å². The third kappa shape index (κ3) is 2.55. The molecule has 0 saturated carbocycles. The Balaban J connectivity index is 2.14. The van der Waals surface area contributed by atoms with E-state index in [1.165, 1.54) is 4.90 Å². The first-order valence-electron chi connectivity index (χ1n) is 5.61. The molecule has 1 aromatic rings. The van der Waals surface area contributed by atoms with Crippen molar-refractivity contribution in [2.45, 2.75) is 32.0 Å². The van der Waals surface area contributed by atoms with Crippen molar-refractivity contribution in [2.75, 3.05) is 13.7 Å². The third-order valence-corrected chi connectivity index (χ3v) is 2.87. The predicted octanol–water partition coefficient (Wildman–Crippen LogP) is 1.09. The van der Waals surface area contributed by atoms with E-state index in [4.69, 9.17) is 9.84 Å². The average molecular weight is 240 g/mol. The summed E-state index contributed by atoms with van der Waals surface area (Å²) in [6.07, 6.45) is 3.30. The van der Waals surface area contributed by atoms with Gasteiger partial charge in [-0.05, 0) is 19.3 Å². The summed E-state index contributed by atoms with van der Waals surface area (Å²) >= 11 is 0. The van der Waals surface area contributed by atoms with Crippen molar-refractivity contribution in [3.63, 3.8) is 0 Å². The van der Waals surface area contributed by atoms with Gasteiger partial charge in [-0.2, -0.15) is 0 Å². The van der Waals surface area contributed by atoms with E-state index in [0.717, 1.165) is 19.3 Å². The molecule has 94 valence electrons. The predicted molar refractivity (Wildman–Crippen MR) is 58.4 cm³/mol. The summed E-state index contributed by atoms with van der Waals surface area (Å²) in [6, 6.07) is 0. The number of ether oxygens (including phenoxy) is 1. The molecule has 0 aromatic carbocycles. The van der Waals surface area contributed by atoms with Gasteiger partial charge in [0.2, 0.25) is 0 Å². The molecule has 2 heterocycles. The highest BCUT2D eigenvalue weighted by atomic mass is 16.5. The van der Waals surface area contributed by atoms with Gasteiger partial charge >= 0.3 is 6.09 Å². The number of rotatable bonds is 3. The van der Waals surface area contributed by atoms with Gasteiger partial charge < -0.3 is 9.84 Å². The van der Waals surface area contributed by atoms with Gasteiger partial charge in [-0.3, -0.25) is 4.90 Å². The number of nitrogens with zero attached hydrogens (tertiary/aromatic N) is 4. The molecule has 1 amide bonds. The standard InChI is InChI=1S/C10H16N4O3/c1-17-7-8-6-14(12-11-8)9-4-2-3-5-13(9)10(15)16/h6,9H,2-5,7H2,1H3,(H,15,16). The Hall–Kier alpha value is -1.63. The van der Waals surface area contributed by atoms with Gasteiger partial charge in [-0.25, -0.2) is 9.48 Å². The molecule has 7 heteroatoms. The second-order valence-electron chi connectivity index (χ2n) is 4.08. The first kappa shape index (κ1) is 11.8. The highest BCUT2D eigenvalue weighted by molar-refractivity contribution is 5.65. The maximum Gasteiger partial charge on any atom is 0.409 e. The van der Waals surface area contributed by atoms with Crippen LogP contribution in [-0.2, 0) is 11.3 Å². The molecule has 1 aliphatic heterocycles. The van der Waals surface area contributed by atoms with Crippen LogP contribution in [0, 0.1) is 0 Å². The molecule has 0 radical (unpaired) electrons. The second kappa shape index (κ2) is 5.13. The van der Waals surface area contributed by atoms with Gasteiger partial charge in [0.15, 0.2) is 0 Å². The summed E-state index contributed by atoms with van der Waals surface area (Å²) < 4.78 is 6.57. The minimum atomic E-state index is -0.904. The van der Waals surface area contributed by atoms with E-state index in [9.17, 15) is 4.79 Å². The van der Waals surface area contributed by atoms with Crippen molar-refractivity contribution < 1.29 is 14.6 Å². The number of hydrogen-bond donors (Lipinski definition) is 1. The fourth-order valence-corrected chi connectivity index (χ4v) is 2.09. The lowest BCUT2D eigenvalue weighted by atomic mass is 10.1. The van der Waals surface area contributed by atoms with Crippen LogP contribution in [0.2, 0.25) is 0 Å². The van der Waals surface area contributed by atoms with Crippen molar-refractivity contribution in [2.24, 2.45) is 0 Å². The number of carboxylic acid groups (broad SMARTS) is 1. The van der Waals surface area contributed by atoms with Gasteiger partial charge in [-0.15, -0.1) is 5.10 Å². The van der Waals surface area contributed by atoms with Crippen LogP contribution in [0.5, 0.6) is 0 Å². The van der Waals surface area contributed by atoms with Crippen molar-refractivity contribution in [3.8, 4) is 0 Å². The van der Waals surface area contributed by atoms with Gasteiger partial charge in [0, 0.05) is 13.7 Å². The van der Waals surface area contributed by atoms with E-state index in [0.29, 0.717) is 18.8 Å². The van der Waals surface area contributed by atoms with E-state index in [2.05, 4.69) is 10.3 Å². The molecule has 1 aromatic heterocycles. The highest BCUT2D eigenvalue weighted by Gasteiger charge is 2.28. The van der Waals surface area contributed by atoms with Crippen LogP contribution < -0.4 is 0 Å². The zero-order valence-corrected chi connectivity index (χ0v) is 9.74. The highest BCUT2D eigenvalue weighted by Crippen LogP contribution is 2.25. The first-order valence-corrected chi connectivity index (χ1v) is 5.61. The Bertz CT molecular complexity index is 393. The summed E-state index contributed by atoms with van der Waals surface area (Å²) in [7, 11) is 1.59. The van der Waals surface area contributed by atoms with Crippen molar-refractivity contribution in [1.82, 2.24) is 19.9 Å². The number of aromatic nitrogens is 3. The average Bonchev–Trinajstić information content (AvgIpc) is 2.78. The van der Waals surface area contributed by atoms with Gasteiger partial charge in [-0.1, -0.05) is 5.21 Å². The third-order valence-electron chi connectivity index (χ3n) is 2.87. The minimum Gasteiger partial charge on any atom is -0.465 e. The van der Waals surface area contributed by atoms with Crippen molar-refractivity contribution >= 4 is 6.09 Å². The lowest BCUT2D eigenvalue weighted by Gasteiger charge is -2.32. The van der Waals surface area contributed by atoms with Crippen LogP contribution in [0.3, 0.4) is 0 Å². The zero-order valence-electron chi connectivity index (χ0n) is 9.74. The fourth-order valence-electron chi connectivity index (χ4n) is 2.09. The molecule has 0 bridgehead atoms. The number of likely N-dealkylation sites (tertiary alicyclic amines) is 1. The summed E-state index contributed by atoms with van der Waals surface area (Å²) in [4.78, 5) is 12.5. The van der Waals surface area contributed by atoms with Crippen LogP contribution in [0.1, 0.15) is 31.1 Å². The zero-order chi connectivity index (χ0) is 12.3. The first-order chi connectivity index (χ1) is 8.22. The molecule has 1 N–H and O–H groups in total. The molecular formula is C10H16N4O3. The van der Waals surface area contributed by atoms with E-state index >= 15 is 0 Å². The monoisotopic (exact) mass is 240 g/mol. The Labute approximate surface area is 99.0 Å². The molecular weight excluding hydrogens is 224 g/mol. The largest absolute Gasteiger partial charge is 0.465 e. The molecule has 0 aliphatic carbocycles. The summed E-state index contributed by atoms with van der Waals surface area (Å²) in [5.41, 5.74) is 0.711. The van der Waals surface area contributed by atoms with Gasteiger partial charge in [0.25, 0.3) is 0 Å². The normalized spacial score (nSPS) is 20.5. The number of amides is 1. The Morgan fingerprint density at radius 3 is 3.18 bits per heavy atom. The molecule has 2 rings (SSSR count). The molecule has 17 heavy (non-hydrogen) atoms. The molecule has 1 saturated heterocycles. The fraction of sp³-hybridized carbons (Fsp3) is 0.700. The molecule has 1 unspecified atom stereocenters. The number of hydrogen-bond acceptors (Lipinski definition) is 4. The Kier molecular flexibility index (Phi) is 3.58. The molecule has 1 aliphatic rings. The van der Waals surface area contributed by atoms with Crippen LogP contribution >= 0.6 is 0 Å². The van der Waals surface area contributed by atoms with Crippen molar-refractivity contribution in [1.29, 1.82) is 0 Å². The van der Waals surface area contributed by atoms with Gasteiger partial charge in [0.05, 0.1) is 12.8 Å².